The number of carbonyl (C=O) groups excluding carboxylic acids is 1. The Morgan fingerprint density at radius 3 is 1.94 bits per heavy atom. The topological polar surface area (TPSA) is 53.4 Å². The second-order valence-corrected chi connectivity index (χ2v) is 11.8. The zero-order chi connectivity index (χ0) is 33.8. The highest BCUT2D eigenvalue weighted by atomic mass is 35.5. The molecule has 0 spiro atoms. The molecule has 6 aromatic rings. The Balaban J connectivity index is 1.19. The summed E-state index contributed by atoms with van der Waals surface area (Å²) in [6.45, 7) is 0.522. The Morgan fingerprint density at radius 1 is 0.771 bits per heavy atom. The minimum Gasteiger partial charge on any atom is -0.465 e. The number of halogens is 5. The summed E-state index contributed by atoms with van der Waals surface area (Å²) < 4.78 is 51.2. The Bertz CT molecular complexity index is 2040. The Hall–Kier alpha value is -5.05. The SMILES string of the molecule is COC(=O)c1ccc(Cn2cc(-c3ccc(Cl)cc3Cl)nc2Cc2ccc(-c3ccc(Oc4ccc(C(F)(F)F)cc4)cc3)cc2)cc1. The van der Waals surface area contributed by atoms with E-state index in [2.05, 4.69) is 4.57 Å². The van der Waals surface area contributed by atoms with Crippen LogP contribution in [0.15, 0.2) is 121 Å². The standard InChI is InChI=1S/C38H27Cl2F3N2O3/c1-47-37(46)28-8-4-25(5-9-28)22-45-23-35(33-19-14-30(39)21-34(33)40)44-36(45)20-24-2-6-26(7-3-24)27-10-15-31(16-11-27)48-32-17-12-29(13-18-32)38(41,42)43/h2-19,21,23H,20,22H2,1H3. The predicted octanol–water partition coefficient (Wildman–Crippen LogP) is 10.8. The fourth-order valence-corrected chi connectivity index (χ4v) is 5.69. The molecule has 1 aromatic heterocycles. The first-order chi connectivity index (χ1) is 23.1. The maximum atomic E-state index is 12.9. The van der Waals surface area contributed by atoms with Gasteiger partial charge in [0.25, 0.3) is 0 Å². The van der Waals surface area contributed by atoms with Gasteiger partial charge in [0.1, 0.15) is 17.3 Å². The van der Waals surface area contributed by atoms with Crippen LogP contribution >= 0.6 is 23.2 Å². The van der Waals surface area contributed by atoms with Crippen LogP contribution in [0.5, 0.6) is 11.5 Å². The molecule has 48 heavy (non-hydrogen) atoms. The smallest absolute Gasteiger partial charge is 0.416 e. The van der Waals surface area contributed by atoms with E-state index >= 15 is 0 Å². The highest BCUT2D eigenvalue weighted by molar-refractivity contribution is 6.36. The first-order valence-corrected chi connectivity index (χ1v) is 15.5. The molecule has 0 fully saturated rings. The molecule has 0 atom stereocenters. The summed E-state index contributed by atoms with van der Waals surface area (Å²) in [4.78, 5) is 16.8. The number of nitrogens with zero attached hydrogens (tertiary/aromatic N) is 2. The van der Waals surface area contributed by atoms with Crippen LogP contribution in [0.4, 0.5) is 13.2 Å². The normalized spacial score (nSPS) is 11.4. The number of hydrogen-bond donors (Lipinski definition) is 0. The van der Waals surface area contributed by atoms with Gasteiger partial charge in [-0.1, -0.05) is 71.7 Å². The van der Waals surface area contributed by atoms with Gasteiger partial charge in [-0.15, -0.1) is 0 Å². The van der Waals surface area contributed by atoms with Crippen LogP contribution in [0.2, 0.25) is 10.0 Å². The minimum atomic E-state index is -4.40. The van der Waals surface area contributed by atoms with Crippen LogP contribution in [-0.4, -0.2) is 22.6 Å². The molecule has 0 N–H and O–H groups in total. The zero-order valence-corrected chi connectivity index (χ0v) is 27.0. The van der Waals surface area contributed by atoms with Crippen LogP contribution in [0, 0.1) is 0 Å². The summed E-state index contributed by atoms with van der Waals surface area (Å²) in [7, 11) is 1.35. The Kier molecular flexibility index (Phi) is 9.57. The first-order valence-electron chi connectivity index (χ1n) is 14.8. The molecular weight excluding hydrogens is 660 g/mol. The van der Waals surface area contributed by atoms with Crippen molar-refractivity contribution in [3.63, 3.8) is 0 Å². The van der Waals surface area contributed by atoms with E-state index in [1.807, 2.05) is 60.8 Å². The van der Waals surface area contributed by atoms with Crippen molar-refractivity contribution in [2.24, 2.45) is 0 Å². The van der Waals surface area contributed by atoms with Crippen molar-refractivity contribution < 1.29 is 27.4 Å². The molecule has 1 heterocycles. The molecule has 0 amide bonds. The lowest BCUT2D eigenvalue weighted by molar-refractivity contribution is -0.137. The molecule has 5 aromatic carbocycles. The maximum Gasteiger partial charge on any atom is 0.416 e. The molecule has 0 aliphatic rings. The highest BCUT2D eigenvalue weighted by Gasteiger charge is 2.30. The van der Waals surface area contributed by atoms with E-state index < -0.39 is 17.7 Å². The van der Waals surface area contributed by atoms with E-state index in [0.29, 0.717) is 45.8 Å². The molecule has 242 valence electrons. The summed E-state index contributed by atoms with van der Waals surface area (Å²) in [5.41, 5.74) is 5.20. The third-order valence-electron chi connectivity index (χ3n) is 7.72. The van der Waals surface area contributed by atoms with E-state index in [1.165, 1.54) is 19.2 Å². The number of rotatable bonds is 9. The van der Waals surface area contributed by atoms with Crippen molar-refractivity contribution in [2.45, 2.75) is 19.1 Å². The van der Waals surface area contributed by atoms with E-state index in [-0.39, 0.29) is 0 Å². The number of aromatic nitrogens is 2. The van der Waals surface area contributed by atoms with Gasteiger partial charge in [-0.05, 0) is 89.0 Å². The minimum absolute atomic E-state index is 0.318. The average Bonchev–Trinajstić information content (AvgIpc) is 3.46. The van der Waals surface area contributed by atoms with E-state index in [4.69, 9.17) is 37.7 Å². The van der Waals surface area contributed by atoms with Crippen LogP contribution in [0.25, 0.3) is 22.4 Å². The summed E-state index contributed by atoms with van der Waals surface area (Å²) in [5, 5.41) is 1.04. The third kappa shape index (κ3) is 7.73. The Labute approximate surface area is 285 Å². The van der Waals surface area contributed by atoms with Gasteiger partial charge >= 0.3 is 12.1 Å². The molecule has 0 aliphatic heterocycles. The van der Waals surface area contributed by atoms with Gasteiger partial charge in [-0.3, -0.25) is 0 Å². The summed E-state index contributed by atoms with van der Waals surface area (Å²) >= 11 is 12.7. The maximum absolute atomic E-state index is 12.9. The molecule has 5 nitrogen and oxygen atoms in total. The van der Waals surface area contributed by atoms with Gasteiger partial charge in [0, 0.05) is 29.7 Å². The van der Waals surface area contributed by atoms with Gasteiger partial charge < -0.3 is 14.0 Å². The quantitative estimate of drug-likeness (QED) is 0.142. The summed E-state index contributed by atoms with van der Waals surface area (Å²) in [6.07, 6.45) is -1.89. The number of ether oxygens (including phenoxy) is 2. The number of esters is 1. The number of hydrogen-bond acceptors (Lipinski definition) is 4. The fourth-order valence-electron chi connectivity index (χ4n) is 5.18. The molecule has 10 heteroatoms. The van der Waals surface area contributed by atoms with Gasteiger partial charge in [0.15, 0.2) is 0 Å². The molecule has 0 saturated carbocycles. The van der Waals surface area contributed by atoms with Crippen molar-refractivity contribution >= 4 is 29.2 Å². The fraction of sp³-hybridized carbons (Fsp3) is 0.105. The molecule has 0 bridgehead atoms. The summed E-state index contributed by atoms with van der Waals surface area (Å²) in [6, 6.07) is 32.6. The molecule has 0 unspecified atom stereocenters. The number of alkyl halides is 3. The zero-order valence-electron chi connectivity index (χ0n) is 25.5. The van der Waals surface area contributed by atoms with Crippen molar-refractivity contribution in [3.05, 3.63) is 160 Å². The van der Waals surface area contributed by atoms with Crippen molar-refractivity contribution in [3.8, 4) is 33.9 Å². The number of methoxy groups -OCH3 is 1. The van der Waals surface area contributed by atoms with Crippen LogP contribution in [0.1, 0.15) is 32.9 Å². The van der Waals surface area contributed by atoms with E-state index in [9.17, 15) is 18.0 Å². The van der Waals surface area contributed by atoms with Gasteiger partial charge in [-0.2, -0.15) is 13.2 Å². The molecular formula is C38H27Cl2F3N2O3. The van der Waals surface area contributed by atoms with Crippen molar-refractivity contribution in [2.75, 3.05) is 7.11 Å². The highest BCUT2D eigenvalue weighted by Crippen LogP contribution is 2.33. The largest absolute Gasteiger partial charge is 0.465 e. The number of imidazole rings is 1. The molecule has 0 saturated heterocycles. The van der Waals surface area contributed by atoms with Crippen molar-refractivity contribution in [1.82, 2.24) is 9.55 Å². The van der Waals surface area contributed by atoms with Crippen LogP contribution in [0.3, 0.4) is 0 Å². The van der Waals surface area contributed by atoms with Crippen molar-refractivity contribution in [1.29, 1.82) is 0 Å². The lowest BCUT2D eigenvalue weighted by Crippen LogP contribution is -2.06. The van der Waals surface area contributed by atoms with E-state index in [0.717, 1.165) is 45.8 Å². The second-order valence-electron chi connectivity index (χ2n) is 11.0. The summed E-state index contributed by atoms with van der Waals surface area (Å²) in [5.74, 6) is 1.26. The lowest BCUT2D eigenvalue weighted by Gasteiger charge is -2.10. The van der Waals surface area contributed by atoms with Gasteiger partial charge in [-0.25, -0.2) is 9.78 Å². The lowest BCUT2D eigenvalue weighted by atomic mass is 10.0. The van der Waals surface area contributed by atoms with Gasteiger partial charge in [0.05, 0.1) is 29.0 Å². The van der Waals surface area contributed by atoms with Crippen LogP contribution in [-0.2, 0) is 23.9 Å². The third-order valence-corrected chi connectivity index (χ3v) is 8.26. The monoisotopic (exact) mass is 686 g/mol. The molecule has 0 aliphatic carbocycles. The van der Waals surface area contributed by atoms with Gasteiger partial charge in [0.2, 0.25) is 0 Å². The number of benzene rings is 5. The first kappa shape index (κ1) is 32.9. The van der Waals surface area contributed by atoms with E-state index in [1.54, 1.807) is 36.4 Å². The molecule has 6 rings (SSSR count). The Morgan fingerprint density at radius 2 is 1.35 bits per heavy atom. The van der Waals surface area contributed by atoms with Crippen LogP contribution < -0.4 is 4.74 Å². The molecule has 0 radical (unpaired) electrons. The average molecular weight is 688 g/mol. The number of carbonyl (C=O) groups is 1. The second kappa shape index (κ2) is 14.0. The predicted molar refractivity (Wildman–Crippen MR) is 181 cm³/mol.